The summed E-state index contributed by atoms with van der Waals surface area (Å²) in [5, 5.41) is 4.47. The van der Waals surface area contributed by atoms with Gasteiger partial charge in [-0.15, -0.1) is 0 Å². The lowest BCUT2D eigenvalue weighted by Crippen LogP contribution is -2.04. The van der Waals surface area contributed by atoms with Gasteiger partial charge in [0.25, 0.3) is 0 Å². The highest BCUT2D eigenvalue weighted by molar-refractivity contribution is 5.95. The molecular weight excluding hydrogens is 230 g/mol. The van der Waals surface area contributed by atoms with Gasteiger partial charge >= 0.3 is 5.97 Å². The van der Waals surface area contributed by atoms with Crippen molar-refractivity contribution in [2.24, 2.45) is 0 Å². The average Bonchev–Trinajstić information content (AvgIpc) is 3.04. The van der Waals surface area contributed by atoms with Gasteiger partial charge in [-0.05, 0) is 25.0 Å². The Kier molecular flexibility index (Phi) is 2.74. The lowest BCUT2D eigenvalue weighted by molar-refractivity contribution is 0.0602. The first-order valence-electron chi connectivity index (χ1n) is 6.23. The van der Waals surface area contributed by atoms with E-state index in [0.717, 1.165) is 18.7 Å². The summed E-state index contributed by atoms with van der Waals surface area (Å²) < 4.78 is 6.43. The summed E-state index contributed by atoms with van der Waals surface area (Å²) in [6, 6.07) is 3.50. The SMILES string of the molecule is COC(=O)c1cccn2nc(C3CCCC3)nc12. The number of aromatic nitrogens is 3. The highest BCUT2D eigenvalue weighted by atomic mass is 16.5. The summed E-state index contributed by atoms with van der Waals surface area (Å²) in [4.78, 5) is 16.2. The molecule has 0 aromatic carbocycles. The predicted octanol–water partition coefficient (Wildman–Crippen LogP) is 2.17. The number of ether oxygens (including phenoxy) is 1. The quantitative estimate of drug-likeness (QED) is 0.761. The number of rotatable bonds is 2. The van der Waals surface area contributed by atoms with Crippen molar-refractivity contribution in [1.82, 2.24) is 14.6 Å². The second kappa shape index (κ2) is 4.40. The molecule has 0 atom stereocenters. The van der Waals surface area contributed by atoms with Crippen LogP contribution in [0.25, 0.3) is 5.65 Å². The molecule has 0 radical (unpaired) electrons. The number of hydrogen-bond acceptors (Lipinski definition) is 4. The predicted molar refractivity (Wildman–Crippen MR) is 65.5 cm³/mol. The third-order valence-corrected chi connectivity index (χ3v) is 3.50. The van der Waals surface area contributed by atoms with Gasteiger partial charge in [-0.3, -0.25) is 0 Å². The average molecular weight is 245 g/mol. The highest BCUT2D eigenvalue weighted by Gasteiger charge is 2.23. The molecule has 0 N–H and O–H groups in total. The lowest BCUT2D eigenvalue weighted by atomic mass is 10.1. The lowest BCUT2D eigenvalue weighted by Gasteiger charge is -2.00. The van der Waals surface area contributed by atoms with Crippen LogP contribution in [0.3, 0.4) is 0 Å². The summed E-state index contributed by atoms with van der Waals surface area (Å²) in [6.07, 6.45) is 6.58. The Balaban J connectivity index is 2.08. The molecule has 94 valence electrons. The maximum Gasteiger partial charge on any atom is 0.341 e. The summed E-state index contributed by atoms with van der Waals surface area (Å²) in [5.74, 6) is 0.922. The van der Waals surface area contributed by atoms with Crippen molar-refractivity contribution in [3.05, 3.63) is 29.7 Å². The Morgan fingerprint density at radius 1 is 1.44 bits per heavy atom. The molecule has 2 heterocycles. The third kappa shape index (κ3) is 1.75. The number of carbonyl (C=O) groups is 1. The van der Waals surface area contributed by atoms with Crippen molar-refractivity contribution in [1.29, 1.82) is 0 Å². The number of esters is 1. The molecule has 0 spiro atoms. The van der Waals surface area contributed by atoms with Crippen molar-refractivity contribution in [3.8, 4) is 0 Å². The first kappa shape index (κ1) is 11.2. The number of methoxy groups -OCH3 is 1. The minimum absolute atomic E-state index is 0.369. The maximum atomic E-state index is 11.7. The van der Waals surface area contributed by atoms with Gasteiger partial charge in [0.2, 0.25) is 0 Å². The van der Waals surface area contributed by atoms with E-state index < -0.39 is 0 Å². The second-order valence-electron chi connectivity index (χ2n) is 4.63. The fourth-order valence-electron chi connectivity index (χ4n) is 2.55. The molecule has 1 fully saturated rings. The van der Waals surface area contributed by atoms with Crippen molar-refractivity contribution >= 4 is 11.6 Å². The molecule has 1 saturated carbocycles. The zero-order valence-electron chi connectivity index (χ0n) is 10.3. The van der Waals surface area contributed by atoms with Crippen molar-refractivity contribution in [3.63, 3.8) is 0 Å². The highest BCUT2D eigenvalue weighted by Crippen LogP contribution is 2.32. The first-order chi connectivity index (χ1) is 8.79. The molecular formula is C13H15N3O2. The van der Waals surface area contributed by atoms with E-state index in [2.05, 4.69) is 10.1 Å². The van der Waals surface area contributed by atoms with Crippen LogP contribution in [0.5, 0.6) is 0 Å². The van der Waals surface area contributed by atoms with Gasteiger partial charge in [0, 0.05) is 12.1 Å². The zero-order valence-corrected chi connectivity index (χ0v) is 10.3. The zero-order chi connectivity index (χ0) is 12.5. The van der Waals surface area contributed by atoms with E-state index in [1.165, 1.54) is 20.0 Å². The molecule has 0 amide bonds. The number of pyridine rings is 1. The minimum Gasteiger partial charge on any atom is -0.465 e. The summed E-state index contributed by atoms with van der Waals surface area (Å²) in [6.45, 7) is 0. The van der Waals surface area contributed by atoms with Crippen LogP contribution in [0.15, 0.2) is 18.3 Å². The van der Waals surface area contributed by atoms with Gasteiger partial charge in [0.15, 0.2) is 11.5 Å². The molecule has 0 unspecified atom stereocenters. The third-order valence-electron chi connectivity index (χ3n) is 3.50. The van der Waals surface area contributed by atoms with E-state index in [4.69, 9.17) is 4.74 Å². The Bertz CT molecular complexity index is 585. The molecule has 0 saturated heterocycles. The Morgan fingerprint density at radius 2 is 2.22 bits per heavy atom. The summed E-state index contributed by atoms with van der Waals surface area (Å²) in [5.41, 5.74) is 1.06. The van der Waals surface area contributed by atoms with E-state index in [1.54, 1.807) is 16.6 Å². The Morgan fingerprint density at radius 3 is 2.94 bits per heavy atom. The molecule has 1 aliphatic carbocycles. The van der Waals surface area contributed by atoms with Gasteiger partial charge in [-0.2, -0.15) is 5.10 Å². The van der Waals surface area contributed by atoms with Gasteiger partial charge < -0.3 is 4.74 Å². The Labute approximate surface area is 105 Å². The van der Waals surface area contributed by atoms with Crippen LogP contribution in [-0.2, 0) is 4.74 Å². The molecule has 0 aliphatic heterocycles. The van der Waals surface area contributed by atoms with E-state index in [1.807, 2.05) is 6.20 Å². The minimum atomic E-state index is -0.369. The first-order valence-corrected chi connectivity index (χ1v) is 6.23. The van der Waals surface area contributed by atoms with Crippen molar-refractivity contribution in [2.45, 2.75) is 31.6 Å². The summed E-state index contributed by atoms with van der Waals surface area (Å²) >= 11 is 0. The van der Waals surface area contributed by atoms with Crippen molar-refractivity contribution < 1.29 is 9.53 Å². The molecule has 3 rings (SSSR count). The van der Waals surface area contributed by atoms with E-state index in [0.29, 0.717) is 17.1 Å². The van der Waals surface area contributed by atoms with Crippen LogP contribution < -0.4 is 0 Å². The Hall–Kier alpha value is -1.91. The van der Waals surface area contributed by atoms with Crippen molar-refractivity contribution in [2.75, 3.05) is 7.11 Å². The largest absolute Gasteiger partial charge is 0.465 e. The van der Waals surface area contributed by atoms with Gasteiger partial charge in [-0.1, -0.05) is 12.8 Å². The molecule has 18 heavy (non-hydrogen) atoms. The van der Waals surface area contributed by atoms with Gasteiger partial charge in [0.05, 0.1) is 7.11 Å². The van der Waals surface area contributed by atoms with Crippen LogP contribution in [0, 0.1) is 0 Å². The molecule has 1 aliphatic rings. The number of fused-ring (bicyclic) bond motifs is 1. The van der Waals surface area contributed by atoms with Crippen LogP contribution in [0.1, 0.15) is 47.8 Å². The molecule has 2 aromatic rings. The molecule has 5 nitrogen and oxygen atoms in total. The number of nitrogens with zero attached hydrogens (tertiary/aromatic N) is 3. The topological polar surface area (TPSA) is 56.5 Å². The standard InChI is InChI=1S/C13H15N3O2/c1-18-13(17)10-7-4-8-16-12(10)14-11(15-16)9-5-2-3-6-9/h4,7-9H,2-3,5-6H2,1H3. The van der Waals surface area contributed by atoms with E-state index in [-0.39, 0.29) is 5.97 Å². The van der Waals surface area contributed by atoms with Crippen LogP contribution in [-0.4, -0.2) is 27.7 Å². The van der Waals surface area contributed by atoms with Gasteiger partial charge in [0.1, 0.15) is 5.56 Å². The summed E-state index contributed by atoms with van der Waals surface area (Å²) in [7, 11) is 1.38. The maximum absolute atomic E-state index is 11.7. The monoisotopic (exact) mass is 245 g/mol. The number of hydrogen-bond donors (Lipinski definition) is 0. The van der Waals surface area contributed by atoms with Gasteiger partial charge in [-0.25, -0.2) is 14.3 Å². The smallest absolute Gasteiger partial charge is 0.341 e. The molecule has 0 bridgehead atoms. The van der Waals surface area contributed by atoms with Crippen LogP contribution in [0.4, 0.5) is 0 Å². The fraction of sp³-hybridized carbons (Fsp3) is 0.462. The molecule has 5 heteroatoms. The second-order valence-corrected chi connectivity index (χ2v) is 4.63. The normalized spacial score (nSPS) is 16.3. The fourth-order valence-corrected chi connectivity index (χ4v) is 2.55. The van der Waals surface area contributed by atoms with E-state index >= 15 is 0 Å². The van der Waals surface area contributed by atoms with E-state index in [9.17, 15) is 4.79 Å². The molecule has 2 aromatic heterocycles. The van der Waals surface area contributed by atoms with Crippen LogP contribution in [0.2, 0.25) is 0 Å². The number of carbonyl (C=O) groups excluding carboxylic acids is 1. The van der Waals surface area contributed by atoms with Crippen LogP contribution >= 0.6 is 0 Å².